The second-order valence-electron chi connectivity index (χ2n) is 2.80. The molecule has 0 unspecified atom stereocenters. The smallest absolute Gasteiger partial charge is 0.382 e. The molecule has 0 fully saturated rings. The van der Waals surface area contributed by atoms with Gasteiger partial charge < -0.3 is 5.32 Å². The van der Waals surface area contributed by atoms with E-state index in [1.807, 2.05) is 0 Å². The van der Waals surface area contributed by atoms with Gasteiger partial charge in [0, 0.05) is 16.7 Å². The first kappa shape index (κ1) is 12.3. The van der Waals surface area contributed by atoms with Crippen molar-refractivity contribution < 1.29 is 17.6 Å². The highest BCUT2D eigenvalue weighted by molar-refractivity contribution is 9.10. The summed E-state index contributed by atoms with van der Waals surface area (Å²) in [5, 5.41) is 2.38. The largest absolute Gasteiger partial charge is 0.418 e. The molecular weight excluding hydrogens is 278 g/mol. The average Bonchev–Trinajstić information content (AvgIpc) is 2.14. The first-order valence-corrected chi connectivity index (χ1v) is 4.91. The van der Waals surface area contributed by atoms with Crippen LogP contribution in [0.5, 0.6) is 0 Å². The summed E-state index contributed by atoms with van der Waals surface area (Å²) in [5.41, 5.74) is -0.909. The molecule has 6 heteroatoms. The van der Waals surface area contributed by atoms with E-state index < -0.39 is 18.4 Å². The van der Waals surface area contributed by atoms with Crippen LogP contribution in [0.25, 0.3) is 0 Å². The molecule has 0 heterocycles. The van der Waals surface area contributed by atoms with Crippen LogP contribution in [0.3, 0.4) is 0 Å². The Labute approximate surface area is 92.6 Å². The molecule has 1 rings (SSSR count). The van der Waals surface area contributed by atoms with Gasteiger partial charge in [0.2, 0.25) is 0 Å². The van der Waals surface area contributed by atoms with Crippen molar-refractivity contribution in [2.75, 3.05) is 18.5 Å². The Morgan fingerprint density at radius 2 is 1.93 bits per heavy atom. The molecule has 0 radical (unpaired) electrons. The molecule has 1 aromatic rings. The lowest BCUT2D eigenvalue weighted by Crippen LogP contribution is -2.12. The number of anilines is 1. The zero-order valence-electron chi connectivity index (χ0n) is 7.54. The molecule has 15 heavy (non-hydrogen) atoms. The van der Waals surface area contributed by atoms with Crippen molar-refractivity contribution in [3.63, 3.8) is 0 Å². The lowest BCUT2D eigenvalue weighted by Gasteiger charge is -2.14. The Balaban J connectivity index is 3.04. The van der Waals surface area contributed by atoms with Gasteiger partial charge in [-0.3, -0.25) is 0 Å². The van der Waals surface area contributed by atoms with E-state index in [0.29, 0.717) is 4.47 Å². The van der Waals surface area contributed by atoms with Gasteiger partial charge in [-0.15, -0.1) is 0 Å². The van der Waals surface area contributed by atoms with Crippen molar-refractivity contribution in [2.45, 2.75) is 6.18 Å². The van der Waals surface area contributed by atoms with E-state index in [1.165, 1.54) is 12.1 Å². The fourth-order valence-corrected chi connectivity index (χ4v) is 1.45. The van der Waals surface area contributed by atoms with Gasteiger partial charge >= 0.3 is 6.18 Å². The van der Waals surface area contributed by atoms with E-state index in [2.05, 4.69) is 21.2 Å². The normalized spacial score (nSPS) is 11.5. The third-order valence-corrected chi connectivity index (χ3v) is 2.19. The predicted octanol–water partition coefficient (Wildman–Crippen LogP) is 3.85. The molecule has 0 atom stereocenters. The molecule has 0 spiro atoms. The second-order valence-corrected chi connectivity index (χ2v) is 3.72. The molecule has 0 saturated heterocycles. The Bertz CT molecular complexity index is 337. The van der Waals surface area contributed by atoms with Gasteiger partial charge in [0.25, 0.3) is 0 Å². The maximum Gasteiger partial charge on any atom is 0.418 e. The van der Waals surface area contributed by atoms with Gasteiger partial charge in [-0.1, -0.05) is 15.9 Å². The minimum Gasteiger partial charge on any atom is -0.382 e. The summed E-state index contributed by atoms with van der Waals surface area (Å²) in [6.45, 7) is -0.849. The topological polar surface area (TPSA) is 12.0 Å². The Hall–Kier alpha value is -0.780. The van der Waals surface area contributed by atoms with Crippen molar-refractivity contribution in [1.82, 2.24) is 0 Å². The van der Waals surface area contributed by atoms with Crippen LogP contribution in [0, 0.1) is 0 Å². The van der Waals surface area contributed by atoms with Crippen LogP contribution >= 0.6 is 15.9 Å². The highest BCUT2D eigenvalue weighted by Crippen LogP contribution is 2.36. The van der Waals surface area contributed by atoms with Crippen LogP contribution in [0.2, 0.25) is 0 Å². The first-order valence-electron chi connectivity index (χ1n) is 4.11. The Morgan fingerprint density at radius 1 is 1.27 bits per heavy atom. The van der Waals surface area contributed by atoms with Crippen molar-refractivity contribution in [3.8, 4) is 0 Å². The summed E-state index contributed by atoms with van der Waals surface area (Å²) in [4.78, 5) is 0. The van der Waals surface area contributed by atoms with Gasteiger partial charge in [-0.25, -0.2) is 4.39 Å². The second kappa shape index (κ2) is 4.83. The summed E-state index contributed by atoms with van der Waals surface area (Å²) in [6, 6.07) is 3.69. The molecule has 0 amide bonds. The van der Waals surface area contributed by atoms with E-state index in [-0.39, 0.29) is 12.2 Å². The molecule has 0 aliphatic heterocycles. The van der Waals surface area contributed by atoms with E-state index in [1.54, 1.807) is 0 Å². The summed E-state index contributed by atoms with van der Waals surface area (Å²) >= 11 is 2.96. The molecule has 0 aliphatic carbocycles. The SMILES string of the molecule is FCCNc1ccc(Br)cc1C(F)(F)F. The predicted molar refractivity (Wildman–Crippen MR) is 53.6 cm³/mol. The third-order valence-electron chi connectivity index (χ3n) is 1.70. The minimum atomic E-state index is -4.44. The maximum absolute atomic E-state index is 12.5. The molecule has 0 saturated carbocycles. The Morgan fingerprint density at radius 3 is 2.47 bits per heavy atom. The average molecular weight is 286 g/mol. The van der Waals surface area contributed by atoms with E-state index in [0.717, 1.165) is 6.07 Å². The number of hydrogen-bond donors (Lipinski definition) is 1. The fraction of sp³-hybridized carbons (Fsp3) is 0.333. The van der Waals surface area contributed by atoms with Crippen LogP contribution in [0.4, 0.5) is 23.2 Å². The van der Waals surface area contributed by atoms with Crippen LogP contribution in [0.1, 0.15) is 5.56 Å². The van der Waals surface area contributed by atoms with Crippen LogP contribution in [-0.2, 0) is 6.18 Å². The summed E-state index contributed by atoms with van der Waals surface area (Å²) < 4.78 is 49.7. The lowest BCUT2D eigenvalue weighted by molar-refractivity contribution is -0.137. The number of rotatable bonds is 3. The number of benzene rings is 1. The molecule has 84 valence electrons. The summed E-state index contributed by atoms with van der Waals surface area (Å²) in [5.74, 6) is 0. The van der Waals surface area contributed by atoms with E-state index >= 15 is 0 Å². The maximum atomic E-state index is 12.5. The van der Waals surface area contributed by atoms with Crippen molar-refractivity contribution in [2.24, 2.45) is 0 Å². The van der Waals surface area contributed by atoms with Gasteiger partial charge in [0.05, 0.1) is 5.56 Å². The number of nitrogens with one attached hydrogen (secondary N) is 1. The Kier molecular flexibility index (Phi) is 3.96. The zero-order valence-corrected chi connectivity index (χ0v) is 9.12. The molecule has 1 nitrogen and oxygen atoms in total. The highest BCUT2D eigenvalue weighted by Gasteiger charge is 2.33. The molecule has 1 N–H and O–H groups in total. The number of halogens is 5. The highest BCUT2D eigenvalue weighted by atomic mass is 79.9. The third kappa shape index (κ3) is 3.37. The van der Waals surface area contributed by atoms with E-state index in [4.69, 9.17) is 0 Å². The van der Waals surface area contributed by atoms with Crippen molar-refractivity contribution >= 4 is 21.6 Å². The summed E-state index contributed by atoms with van der Waals surface area (Å²) in [7, 11) is 0. The standard InChI is InChI=1S/C9H8BrF4N/c10-6-1-2-8(15-4-3-11)7(5-6)9(12,13)14/h1-2,5,15H,3-4H2. The van der Waals surface area contributed by atoms with Gasteiger partial charge in [-0.05, 0) is 18.2 Å². The molecular formula is C9H8BrF4N. The number of alkyl halides is 4. The van der Waals surface area contributed by atoms with Gasteiger partial charge in [0.15, 0.2) is 0 Å². The molecule has 1 aromatic carbocycles. The lowest BCUT2D eigenvalue weighted by atomic mass is 10.1. The van der Waals surface area contributed by atoms with Crippen molar-refractivity contribution in [3.05, 3.63) is 28.2 Å². The van der Waals surface area contributed by atoms with Crippen LogP contribution < -0.4 is 5.32 Å². The monoisotopic (exact) mass is 285 g/mol. The molecule has 0 aliphatic rings. The van der Waals surface area contributed by atoms with E-state index in [9.17, 15) is 17.6 Å². The zero-order chi connectivity index (χ0) is 11.5. The van der Waals surface area contributed by atoms with Crippen LogP contribution in [-0.4, -0.2) is 13.2 Å². The first-order chi connectivity index (χ1) is 6.95. The van der Waals surface area contributed by atoms with Gasteiger partial charge in [0.1, 0.15) is 6.67 Å². The molecule has 0 aromatic heterocycles. The van der Waals surface area contributed by atoms with Crippen LogP contribution in [0.15, 0.2) is 22.7 Å². The molecule has 0 bridgehead atoms. The number of hydrogen-bond acceptors (Lipinski definition) is 1. The fourth-order valence-electron chi connectivity index (χ4n) is 1.09. The quantitative estimate of drug-likeness (QED) is 0.832. The minimum absolute atomic E-state index is 0.108. The van der Waals surface area contributed by atoms with Gasteiger partial charge in [-0.2, -0.15) is 13.2 Å². The summed E-state index contributed by atoms with van der Waals surface area (Å²) in [6.07, 6.45) is -4.44. The van der Waals surface area contributed by atoms with Crippen molar-refractivity contribution in [1.29, 1.82) is 0 Å².